The van der Waals surface area contributed by atoms with Crippen LogP contribution in [0.3, 0.4) is 0 Å². The average Bonchev–Trinajstić information content (AvgIpc) is 3.17. The van der Waals surface area contributed by atoms with Gasteiger partial charge in [0.2, 0.25) is 0 Å². The van der Waals surface area contributed by atoms with Gasteiger partial charge in [-0.3, -0.25) is 19.1 Å². The van der Waals surface area contributed by atoms with Crippen LogP contribution in [0.2, 0.25) is 0 Å². The molecule has 0 saturated carbocycles. The second kappa shape index (κ2) is 25.5. The van der Waals surface area contributed by atoms with E-state index in [1.165, 1.54) is 48.3 Å². The van der Waals surface area contributed by atoms with Crippen molar-refractivity contribution in [3.05, 3.63) is 71.3 Å². The Morgan fingerprint density at radius 1 is 0.737 bits per heavy atom. The molecule has 0 aromatic heterocycles. The van der Waals surface area contributed by atoms with Crippen LogP contribution in [0.5, 0.6) is 0 Å². The molecule has 11 nitrogen and oxygen atoms in total. The fourth-order valence-corrected chi connectivity index (χ4v) is 5.31. The van der Waals surface area contributed by atoms with E-state index >= 15 is 0 Å². The van der Waals surface area contributed by atoms with Gasteiger partial charge in [0.1, 0.15) is 34.9 Å². The summed E-state index contributed by atoms with van der Waals surface area (Å²) in [5, 5.41) is 0.643. The van der Waals surface area contributed by atoms with Gasteiger partial charge in [0.15, 0.2) is 0 Å². The van der Waals surface area contributed by atoms with Gasteiger partial charge in [-0.25, -0.2) is 28.0 Å². The molecule has 2 heterocycles. The van der Waals surface area contributed by atoms with Gasteiger partial charge in [0.25, 0.3) is 0 Å². The SMILES string of the molecule is COC(=O)[C@@H]1CCCCN1C(=O)OC(C)(C)C.COC(=O)[C@@H]1CN(CC#Cc2ccc(F)cc2)CCN1C(=O)OC(C)(C)C.Fc1ccc(C#CCBr)cc1.[2H]CF. The lowest BCUT2D eigenvalue weighted by Crippen LogP contribution is -2.59. The molecule has 0 unspecified atom stereocenters. The molecule has 0 radical (unpaired) electrons. The predicted molar refractivity (Wildman–Crippen MR) is 215 cm³/mol. The molecule has 2 aliphatic heterocycles. The molecule has 2 aromatic carbocycles. The zero-order valence-electron chi connectivity index (χ0n) is 35.0. The first-order chi connectivity index (χ1) is 27.3. The summed E-state index contributed by atoms with van der Waals surface area (Å²) in [5.74, 6) is 10.3. The number of halogens is 4. The van der Waals surface area contributed by atoms with E-state index in [0.717, 1.165) is 18.4 Å². The predicted octanol–water partition coefficient (Wildman–Crippen LogP) is 7.38. The summed E-state index contributed by atoms with van der Waals surface area (Å²) in [4.78, 5) is 52.9. The normalized spacial score (nSPS) is 16.6. The number of piperazine rings is 1. The van der Waals surface area contributed by atoms with Crippen LogP contribution in [0.4, 0.5) is 22.8 Å². The number of rotatable bonds is 3. The molecule has 2 amide bonds. The number of esters is 2. The van der Waals surface area contributed by atoms with Gasteiger partial charge in [-0.05, 0) is 109 Å². The highest BCUT2D eigenvalue weighted by Crippen LogP contribution is 2.21. The van der Waals surface area contributed by atoms with Crippen molar-refractivity contribution in [2.45, 2.75) is 84.1 Å². The van der Waals surface area contributed by atoms with E-state index in [2.05, 4.69) is 39.6 Å². The van der Waals surface area contributed by atoms with Crippen LogP contribution < -0.4 is 0 Å². The Hall–Kier alpha value is -4.73. The fraction of sp³-hybridized carbons (Fsp3) is 0.524. The van der Waals surface area contributed by atoms with Gasteiger partial charge in [-0.2, -0.15) is 0 Å². The van der Waals surface area contributed by atoms with Crippen molar-refractivity contribution in [1.82, 2.24) is 14.7 Å². The maximum Gasteiger partial charge on any atom is 0.411 e. The van der Waals surface area contributed by atoms with Crippen LogP contribution in [0.25, 0.3) is 0 Å². The van der Waals surface area contributed by atoms with Crippen LogP contribution in [0.15, 0.2) is 48.5 Å². The lowest BCUT2D eigenvalue weighted by Gasteiger charge is -2.39. The Morgan fingerprint density at radius 3 is 1.61 bits per heavy atom. The van der Waals surface area contributed by atoms with Crippen LogP contribution in [-0.2, 0) is 28.5 Å². The number of hydrogen-bond donors (Lipinski definition) is 0. The molecule has 2 aliphatic rings. The Kier molecular flexibility index (Phi) is 21.7. The van der Waals surface area contributed by atoms with Gasteiger partial charge in [-0.1, -0.05) is 39.6 Å². The number of piperidine rings is 1. The molecular formula is C42H55BrF3N3O8. The van der Waals surface area contributed by atoms with E-state index in [4.69, 9.17) is 20.3 Å². The highest BCUT2D eigenvalue weighted by Gasteiger charge is 2.38. The number of nitrogens with zero attached hydrogens (tertiary/aromatic N) is 3. The molecule has 15 heteroatoms. The maximum atomic E-state index is 12.9. The van der Waals surface area contributed by atoms with Gasteiger partial charge < -0.3 is 18.9 Å². The number of ether oxygens (including phenoxy) is 4. The number of benzene rings is 2. The molecule has 2 saturated heterocycles. The number of alkyl halides is 2. The van der Waals surface area contributed by atoms with E-state index in [1.54, 1.807) is 45.0 Å². The van der Waals surface area contributed by atoms with Gasteiger partial charge in [0.05, 0.1) is 34.6 Å². The van der Waals surface area contributed by atoms with Crippen LogP contribution in [-0.4, -0.2) is 122 Å². The van der Waals surface area contributed by atoms with E-state index < -0.39 is 48.6 Å². The zero-order valence-corrected chi connectivity index (χ0v) is 35.6. The standard InChI is InChI=1S/C20H25FN2O4.C12H21NO4.C9H6BrF.CH3F/c1-20(2,3)27-19(25)23-13-12-22(14-17(23)18(24)26-4)11-5-6-15-7-9-16(21)10-8-15;1-12(2,3)17-11(15)13-8-6-5-7-9(13)10(14)16-4;10-7-1-2-8-3-5-9(11)6-4-8;1-2/h7-10,17H,11-14H2,1-4H3;9H,5-8H2,1-4H3;3-6H,7H2;1H3/t17-;9-;;/m00../s1/i;;;1D. The van der Waals surface area contributed by atoms with Crippen LogP contribution in [0.1, 0.15) is 73.3 Å². The van der Waals surface area contributed by atoms with Crippen LogP contribution in [0, 0.1) is 35.3 Å². The fourth-order valence-electron chi connectivity index (χ4n) is 5.17. The number of methoxy groups -OCH3 is 2. The Morgan fingerprint density at radius 2 is 1.18 bits per heavy atom. The minimum Gasteiger partial charge on any atom is -0.467 e. The average molecular weight is 868 g/mol. The molecule has 2 atom stereocenters. The van der Waals surface area contributed by atoms with Gasteiger partial charge in [-0.15, -0.1) is 0 Å². The minimum absolute atomic E-state index is 0.227. The number of amides is 2. The summed E-state index contributed by atoms with van der Waals surface area (Å²) in [6.07, 6.45) is 1.50. The Bertz CT molecular complexity index is 1720. The highest BCUT2D eigenvalue weighted by atomic mass is 79.9. The smallest absolute Gasteiger partial charge is 0.411 e. The number of likely N-dealkylation sites (tertiary alicyclic amines) is 1. The van der Waals surface area contributed by atoms with Crippen molar-refractivity contribution in [2.24, 2.45) is 0 Å². The largest absolute Gasteiger partial charge is 0.467 e. The van der Waals surface area contributed by atoms with Crippen molar-refractivity contribution >= 4 is 40.1 Å². The maximum absolute atomic E-state index is 12.9. The van der Waals surface area contributed by atoms with E-state index in [-0.39, 0.29) is 17.6 Å². The zero-order chi connectivity index (χ0) is 43.9. The summed E-state index contributed by atoms with van der Waals surface area (Å²) >= 11 is 3.17. The van der Waals surface area contributed by atoms with Crippen molar-refractivity contribution in [2.75, 3.05) is 59.4 Å². The molecule has 0 spiro atoms. The van der Waals surface area contributed by atoms with Crippen molar-refractivity contribution in [3.8, 4) is 23.7 Å². The summed E-state index contributed by atoms with van der Waals surface area (Å²) < 4.78 is 61.0. The minimum atomic E-state index is -1.00. The second-order valence-electron chi connectivity index (χ2n) is 14.4. The summed E-state index contributed by atoms with van der Waals surface area (Å²) in [6.45, 7) is 12.9. The van der Waals surface area contributed by atoms with Crippen LogP contribution >= 0.6 is 15.9 Å². The molecule has 314 valence electrons. The highest BCUT2D eigenvalue weighted by molar-refractivity contribution is 9.09. The lowest BCUT2D eigenvalue weighted by atomic mass is 10.0. The Balaban J connectivity index is 0.000000461. The number of carbonyl (C=O) groups excluding carboxylic acids is 4. The monoisotopic (exact) mass is 866 g/mol. The van der Waals surface area contributed by atoms with E-state index in [9.17, 15) is 32.3 Å². The molecule has 0 N–H and O–H groups in total. The Labute approximate surface area is 345 Å². The first-order valence-electron chi connectivity index (χ1n) is 18.8. The van der Waals surface area contributed by atoms with Gasteiger partial charge >= 0.3 is 24.1 Å². The topological polar surface area (TPSA) is 115 Å². The van der Waals surface area contributed by atoms with Crippen molar-refractivity contribution in [3.63, 3.8) is 0 Å². The summed E-state index contributed by atoms with van der Waals surface area (Å²) in [7, 11) is 1.63. The van der Waals surface area contributed by atoms with E-state index in [1.807, 2.05) is 25.7 Å². The molecule has 4 rings (SSSR count). The first kappa shape index (κ1) is 48.4. The third-order valence-electron chi connectivity index (χ3n) is 7.69. The van der Waals surface area contributed by atoms with Crippen molar-refractivity contribution < 1.29 is 52.7 Å². The quantitative estimate of drug-likeness (QED) is 0.135. The van der Waals surface area contributed by atoms with Gasteiger partial charge in [0, 0.05) is 37.3 Å². The lowest BCUT2D eigenvalue weighted by molar-refractivity contribution is -0.149. The molecule has 0 aliphatic carbocycles. The summed E-state index contributed by atoms with van der Waals surface area (Å²) in [6, 6.07) is 10.8. The van der Waals surface area contributed by atoms with E-state index in [0.29, 0.717) is 50.0 Å². The molecule has 2 fully saturated rings. The number of carbonyl (C=O) groups is 4. The van der Waals surface area contributed by atoms with Crippen molar-refractivity contribution in [1.29, 1.82) is 0 Å². The third-order valence-corrected chi connectivity index (χ3v) is 7.97. The molecule has 0 bridgehead atoms. The molecule has 2 aromatic rings. The summed E-state index contributed by atoms with van der Waals surface area (Å²) in [5.41, 5.74) is 0.365. The second-order valence-corrected chi connectivity index (χ2v) is 15.0. The molecular weight excluding hydrogens is 811 g/mol. The first-order valence-corrected chi connectivity index (χ1v) is 19.2. The third kappa shape index (κ3) is 19.8. The molecule has 57 heavy (non-hydrogen) atoms. The number of hydrogen-bond acceptors (Lipinski definition) is 9.